The first-order chi connectivity index (χ1) is 12.8. The Labute approximate surface area is 159 Å². The van der Waals surface area contributed by atoms with Gasteiger partial charge in [-0.25, -0.2) is 23.2 Å². The summed E-state index contributed by atoms with van der Waals surface area (Å²) >= 11 is 0. The third kappa shape index (κ3) is 4.44. The molecule has 144 valence electrons. The van der Waals surface area contributed by atoms with Crippen molar-refractivity contribution in [2.24, 2.45) is 0 Å². The number of rotatable bonds is 7. The molecule has 0 spiro atoms. The van der Waals surface area contributed by atoms with Gasteiger partial charge in [0, 0.05) is 12.4 Å². The molecule has 0 radical (unpaired) electrons. The van der Waals surface area contributed by atoms with Crippen LogP contribution in [0.25, 0.3) is 0 Å². The van der Waals surface area contributed by atoms with Crippen LogP contribution < -0.4 is 5.32 Å². The number of nitrogens with one attached hydrogen (secondary N) is 1. The standard InChI is InChI=1S/C19H23N3O4S/c1-3-26-17(23)15-11-20-18(21-12-15)22-19(9-4-10-19)13-27(24,25)16-7-5-14(2)6-8-16/h5-8,11-12H,3-4,9-10,13H2,1-2H3,(H,20,21,22). The molecule has 1 aromatic carbocycles. The van der Waals surface area contributed by atoms with Crippen molar-refractivity contribution in [1.29, 1.82) is 0 Å². The fraction of sp³-hybridized carbons (Fsp3) is 0.421. The number of carbonyl (C=O) groups excluding carboxylic acids is 1. The van der Waals surface area contributed by atoms with Gasteiger partial charge in [-0.3, -0.25) is 0 Å². The van der Waals surface area contributed by atoms with Crippen LogP contribution >= 0.6 is 0 Å². The first-order valence-electron chi connectivity index (χ1n) is 8.90. The molecular weight excluding hydrogens is 366 g/mol. The number of aryl methyl sites for hydroxylation is 1. The first kappa shape index (κ1) is 19.3. The van der Waals surface area contributed by atoms with Gasteiger partial charge in [-0.2, -0.15) is 0 Å². The van der Waals surface area contributed by atoms with Crippen LogP contribution in [0, 0.1) is 6.92 Å². The van der Waals surface area contributed by atoms with Crippen LogP contribution in [0.2, 0.25) is 0 Å². The number of hydrogen-bond acceptors (Lipinski definition) is 7. The Morgan fingerprint density at radius 2 is 1.81 bits per heavy atom. The summed E-state index contributed by atoms with van der Waals surface area (Å²) in [4.78, 5) is 20.3. The lowest BCUT2D eigenvalue weighted by molar-refractivity contribution is 0.0525. The lowest BCUT2D eigenvalue weighted by atomic mass is 9.78. The molecule has 0 unspecified atom stereocenters. The minimum Gasteiger partial charge on any atom is -0.462 e. The molecule has 1 saturated carbocycles. The van der Waals surface area contributed by atoms with Gasteiger partial charge in [-0.05, 0) is 45.2 Å². The summed E-state index contributed by atoms with van der Waals surface area (Å²) in [6.07, 6.45) is 5.15. The van der Waals surface area contributed by atoms with E-state index in [4.69, 9.17) is 4.74 Å². The highest BCUT2D eigenvalue weighted by Gasteiger charge is 2.42. The Bertz CT molecular complexity index is 905. The van der Waals surface area contributed by atoms with Crippen LogP contribution in [0.3, 0.4) is 0 Å². The van der Waals surface area contributed by atoms with Crippen molar-refractivity contribution in [3.05, 3.63) is 47.8 Å². The van der Waals surface area contributed by atoms with E-state index in [0.29, 0.717) is 10.8 Å². The van der Waals surface area contributed by atoms with Gasteiger partial charge in [0.2, 0.25) is 5.95 Å². The summed E-state index contributed by atoms with van der Waals surface area (Å²) in [7, 11) is -3.44. The molecule has 1 N–H and O–H groups in total. The molecule has 3 rings (SSSR count). The monoisotopic (exact) mass is 389 g/mol. The van der Waals surface area contributed by atoms with Crippen LogP contribution in [0.15, 0.2) is 41.6 Å². The van der Waals surface area contributed by atoms with Crippen molar-refractivity contribution in [2.75, 3.05) is 17.7 Å². The summed E-state index contributed by atoms with van der Waals surface area (Å²) in [6.45, 7) is 3.92. The Balaban J connectivity index is 1.74. The molecule has 0 aliphatic heterocycles. The van der Waals surface area contributed by atoms with E-state index in [1.54, 1.807) is 31.2 Å². The number of benzene rings is 1. The maximum Gasteiger partial charge on any atom is 0.341 e. The van der Waals surface area contributed by atoms with E-state index in [1.807, 2.05) is 6.92 Å². The predicted molar refractivity (Wildman–Crippen MR) is 101 cm³/mol. The number of hydrogen-bond donors (Lipinski definition) is 1. The minimum atomic E-state index is -3.44. The van der Waals surface area contributed by atoms with Crippen LogP contribution in [0.1, 0.15) is 42.1 Å². The minimum absolute atomic E-state index is 0.0218. The Morgan fingerprint density at radius 1 is 1.19 bits per heavy atom. The Morgan fingerprint density at radius 3 is 2.33 bits per heavy atom. The summed E-state index contributed by atoms with van der Waals surface area (Å²) in [5, 5.41) is 3.17. The molecule has 0 amide bonds. The van der Waals surface area contributed by atoms with Gasteiger partial charge in [-0.15, -0.1) is 0 Å². The average molecular weight is 389 g/mol. The largest absolute Gasteiger partial charge is 0.462 e. The van der Waals surface area contributed by atoms with Crippen LogP contribution in [-0.2, 0) is 14.6 Å². The second-order valence-electron chi connectivity index (χ2n) is 6.85. The van der Waals surface area contributed by atoms with Crippen LogP contribution in [0.5, 0.6) is 0 Å². The fourth-order valence-corrected chi connectivity index (χ4v) is 4.86. The van der Waals surface area contributed by atoms with Crippen molar-refractivity contribution >= 4 is 21.8 Å². The molecule has 0 bridgehead atoms. The van der Waals surface area contributed by atoms with Crippen molar-refractivity contribution in [3.8, 4) is 0 Å². The maximum absolute atomic E-state index is 12.8. The highest BCUT2D eigenvalue weighted by atomic mass is 32.2. The quantitative estimate of drug-likeness (QED) is 0.727. The number of ether oxygens (including phenoxy) is 1. The fourth-order valence-electron chi connectivity index (χ4n) is 3.05. The topological polar surface area (TPSA) is 98.2 Å². The van der Waals surface area contributed by atoms with Gasteiger partial charge in [0.1, 0.15) is 0 Å². The summed E-state index contributed by atoms with van der Waals surface area (Å²) in [6, 6.07) is 6.87. The second kappa shape index (κ2) is 7.64. The molecule has 7 nitrogen and oxygen atoms in total. The third-order valence-electron chi connectivity index (χ3n) is 4.70. The Kier molecular flexibility index (Phi) is 5.46. The molecule has 27 heavy (non-hydrogen) atoms. The molecule has 1 aromatic heterocycles. The summed E-state index contributed by atoms with van der Waals surface area (Å²) in [5.41, 5.74) is 0.688. The lowest BCUT2D eigenvalue weighted by Crippen LogP contribution is -2.51. The molecule has 0 atom stereocenters. The molecular formula is C19H23N3O4S. The third-order valence-corrected chi connectivity index (χ3v) is 6.62. The maximum atomic E-state index is 12.8. The number of aromatic nitrogens is 2. The van der Waals surface area contributed by atoms with Crippen LogP contribution in [0.4, 0.5) is 5.95 Å². The van der Waals surface area contributed by atoms with E-state index in [-0.39, 0.29) is 17.9 Å². The van der Waals surface area contributed by atoms with Gasteiger partial charge >= 0.3 is 5.97 Å². The highest BCUT2D eigenvalue weighted by molar-refractivity contribution is 7.91. The molecule has 0 saturated heterocycles. The van der Waals surface area contributed by atoms with E-state index in [2.05, 4.69) is 15.3 Å². The Hall–Kier alpha value is -2.48. The molecule has 1 aliphatic rings. The van der Waals surface area contributed by atoms with E-state index in [0.717, 1.165) is 24.8 Å². The molecule has 1 fully saturated rings. The first-order valence-corrected chi connectivity index (χ1v) is 10.6. The van der Waals surface area contributed by atoms with Crippen molar-refractivity contribution in [2.45, 2.75) is 43.5 Å². The molecule has 2 aromatic rings. The van der Waals surface area contributed by atoms with E-state index in [9.17, 15) is 13.2 Å². The van der Waals surface area contributed by atoms with E-state index < -0.39 is 21.3 Å². The zero-order valence-corrected chi connectivity index (χ0v) is 16.3. The van der Waals surface area contributed by atoms with Gasteiger partial charge in [0.15, 0.2) is 9.84 Å². The number of nitrogens with zero attached hydrogens (tertiary/aromatic N) is 2. The van der Waals surface area contributed by atoms with Gasteiger partial charge in [0.05, 0.1) is 28.4 Å². The lowest BCUT2D eigenvalue weighted by Gasteiger charge is -2.42. The molecule has 8 heteroatoms. The van der Waals surface area contributed by atoms with E-state index in [1.165, 1.54) is 12.4 Å². The SMILES string of the molecule is CCOC(=O)c1cnc(NC2(CS(=O)(=O)c3ccc(C)cc3)CCC2)nc1. The van der Waals surface area contributed by atoms with Crippen molar-refractivity contribution in [3.63, 3.8) is 0 Å². The normalized spacial score (nSPS) is 15.6. The van der Waals surface area contributed by atoms with Crippen LogP contribution in [-0.4, -0.2) is 42.3 Å². The predicted octanol–water partition coefficient (Wildman–Crippen LogP) is 2.77. The van der Waals surface area contributed by atoms with Crippen molar-refractivity contribution < 1.29 is 17.9 Å². The number of esters is 1. The zero-order valence-electron chi connectivity index (χ0n) is 15.4. The number of anilines is 1. The average Bonchev–Trinajstić information content (AvgIpc) is 2.61. The van der Waals surface area contributed by atoms with Gasteiger partial charge in [0.25, 0.3) is 0 Å². The van der Waals surface area contributed by atoms with Gasteiger partial charge < -0.3 is 10.1 Å². The highest BCUT2D eigenvalue weighted by Crippen LogP contribution is 2.37. The number of sulfone groups is 1. The second-order valence-corrected chi connectivity index (χ2v) is 8.84. The van der Waals surface area contributed by atoms with Gasteiger partial charge in [-0.1, -0.05) is 17.7 Å². The van der Waals surface area contributed by atoms with E-state index >= 15 is 0 Å². The smallest absolute Gasteiger partial charge is 0.341 e. The zero-order chi connectivity index (χ0) is 19.5. The molecule has 1 heterocycles. The number of carbonyl (C=O) groups is 1. The summed E-state index contributed by atoms with van der Waals surface area (Å²) < 4.78 is 30.5. The summed E-state index contributed by atoms with van der Waals surface area (Å²) in [5.74, 6) is -0.197. The van der Waals surface area contributed by atoms with Crippen molar-refractivity contribution in [1.82, 2.24) is 9.97 Å². The molecule has 1 aliphatic carbocycles.